The Labute approximate surface area is 260 Å². The summed E-state index contributed by atoms with van der Waals surface area (Å²) in [6, 6.07) is 13.2. The monoisotopic (exact) mass is 614 g/mol. The minimum absolute atomic E-state index is 0.0122. The van der Waals surface area contributed by atoms with Gasteiger partial charge in [0.1, 0.15) is 12.1 Å². The number of carbonyl (C=O) groups excluding carboxylic acids is 2. The minimum Gasteiger partial charge on any atom is -0.468 e. The summed E-state index contributed by atoms with van der Waals surface area (Å²) in [7, 11) is 1.24. The molecule has 45 heavy (non-hydrogen) atoms. The van der Waals surface area contributed by atoms with Gasteiger partial charge in [-0.25, -0.2) is 9.59 Å². The average Bonchev–Trinajstić information content (AvgIpc) is 3.39. The molecule has 236 valence electrons. The zero-order chi connectivity index (χ0) is 32.3. The van der Waals surface area contributed by atoms with Gasteiger partial charge in [0.05, 0.1) is 20.2 Å². The van der Waals surface area contributed by atoms with Crippen LogP contribution in [0.3, 0.4) is 0 Å². The molecule has 1 unspecified atom stereocenters. The Bertz CT molecular complexity index is 1930. The largest absolute Gasteiger partial charge is 0.468 e. The van der Waals surface area contributed by atoms with Gasteiger partial charge >= 0.3 is 17.8 Å². The van der Waals surface area contributed by atoms with E-state index in [2.05, 4.69) is 17.2 Å². The number of fused-ring (bicyclic) bond motifs is 2. The molecule has 1 aliphatic heterocycles. The predicted molar refractivity (Wildman–Crippen MR) is 171 cm³/mol. The Hall–Kier alpha value is -5.05. The molecule has 1 saturated heterocycles. The van der Waals surface area contributed by atoms with Gasteiger partial charge in [0.2, 0.25) is 5.95 Å². The highest BCUT2D eigenvalue weighted by molar-refractivity contribution is 5.85. The molecule has 1 amide bonds. The summed E-state index contributed by atoms with van der Waals surface area (Å²) in [4.78, 5) is 60.0. The van der Waals surface area contributed by atoms with Gasteiger partial charge in [0.15, 0.2) is 11.2 Å². The first-order valence-electron chi connectivity index (χ1n) is 14.9. The summed E-state index contributed by atoms with van der Waals surface area (Å²) in [6.07, 6.45) is 0.960. The number of rotatable bonds is 7. The van der Waals surface area contributed by atoms with E-state index in [4.69, 9.17) is 14.5 Å². The van der Waals surface area contributed by atoms with E-state index in [1.165, 1.54) is 11.7 Å². The summed E-state index contributed by atoms with van der Waals surface area (Å²) in [5.41, 5.74) is -0.852. The number of carbonyl (C=O) groups is 2. The van der Waals surface area contributed by atoms with Gasteiger partial charge in [0.25, 0.3) is 5.56 Å². The molecule has 12 nitrogen and oxygen atoms in total. The second-order valence-corrected chi connectivity index (χ2v) is 12.0. The van der Waals surface area contributed by atoms with E-state index in [1.807, 2.05) is 47.4 Å². The van der Waals surface area contributed by atoms with E-state index in [9.17, 15) is 19.2 Å². The van der Waals surface area contributed by atoms with Gasteiger partial charge in [-0.3, -0.25) is 23.3 Å². The van der Waals surface area contributed by atoms with Gasteiger partial charge in [-0.05, 0) is 56.9 Å². The molecule has 0 aliphatic carbocycles. The standard InChI is InChI=1S/C33H38N6O6/c1-6-7-18-37-27-28(35-30(37)36-17-11-15-24(20-36)34-31(42)45-33(2,3)4)38(21-26(40)44-5)32(43)39(29(27)41)19-23-14-10-13-22-12-8-9-16-25(22)23/h8-10,12-14,16,24H,11,15,17-21H2,1-5H3,(H,34,42). The number of ether oxygens (including phenoxy) is 2. The van der Waals surface area contributed by atoms with Crippen LogP contribution >= 0.6 is 0 Å². The van der Waals surface area contributed by atoms with E-state index in [1.54, 1.807) is 32.3 Å². The maximum absolute atomic E-state index is 14.3. The van der Waals surface area contributed by atoms with Crippen molar-refractivity contribution in [3.8, 4) is 11.8 Å². The lowest BCUT2D eigenvalue weighted by Crippen LogP contribution is -2.49. The van der Waals surface area contributed by atoms with Crippen molar-refractivity contribution in [1.29, 1.82) is 0 Å². The normalized spacial score (nSPS) is 15.0. The smallest absolute Gasteiger partial charge is 0.407 e. The molecule has 3 heterocycles. The number of imidazole rings is 1. The van der Waals surface area contributed by atoms with Crippen LogP contribution in [0.15, 0.2) is 52.1 Å². The van der Waals surface area contributed by atoms with Gasteiger partial charge < -0.3 is 19.7 Å². The van der Waals surface area contributed by atoms with Crippen molar-refractivity contribution < 1.29 is 19.1 Å². The van der Waals surface area contributed by atoms with E-state index >= 15 is 0 Å². The van der Waals surface area contributed by atoms with Crippen LogP contribution in [0.25, 0.3) is 21.9 Å². The maximum Gasteiger partial charge on any atom is 0.407 e. The van der Waals surface area contributed by atoms with E-state index in [-0.39, 0.29) is 30.3 Å². The van der Waals surface area contributed by atoms with Crippen LogP contribution in [-0.4, -0.2) is 62.6 Å². The van der Waals surface area contributed by atoms with Crippen LogP contribution in [0, 0.1) is 11.8 Å². The number of piperidine rings is 1. The SMILES string of the molecule is CC#CCn1c(N2CCCC(NC(=O)OC(C)(C)C)C2)nc2c1c(=O)n(Cc1cccc3ccccc13)c(=O)n2CC(=O)OC. The first-order chi connectivity index (χ1) is 21.5. The van der Waals surface area contributed by atoms with Crippen molar-refractivity contribution in [2.24, 2.45) is 0 Å². The molecule has 1 atom stereocenters. The number of benzene rings is 2. The molecule has 4 aromatic rings. The average molecular weight is 615 g/mol. The number of nitrogens with one attached hydrogen (secondary N) is 1. The zero-order valence-corrected chi connectivity index (χ0v) is 26.3. The second kappa shape index (κ2) is 12.9. The number of amides is 1. The van der Waals surface area contributed by atoms with Gasteiger partial charge in [-0.2, -0.15) is 4.98 Å². The molecule has 1 N–H and O–H groups in total. The topological polar surface area (TPSA) is 130 Å². The number of methoxy groups -OCH3 is 1. The minimum atomic E-state index is -0.674. The molecule has 1 fully saturated rings. The van der Waals surface area contributed by atoms with E-state index < -0.39 is 35.5 Å². The van der Waals surface area contributed by atoms with Crippen LogP contribution in [0.4, 0.5) is 10.7 Å². The number of hydrogen-bond acceptors (Lipinski definition) is 8. The van der Waals surface area contributed by atoms with Crippen molar-refractivity contribution in [3.63, 3.8) is 0 Å². The molecule has 0 radical (unpaired) electrons. The molecule has 2 aromatic heterocycles. The molecule has 0 bridgehead atoms. The number of hydrogen-bond donors (Lipinski definition) is 1. The van der Waals surface area contributed by atoms with E-state index in [0.29, 0.717) is 19.0 Å². The van der Waals surface area contributed by atoms with Crippen LogP contribution in [-0.2, 0) is 33.9 Å². The highest BCUT2D eigenvalue weighted by Gasteiger charge is 2.30. The summed E-state index contributed by atoms with van der Waals surface area (Å²) < 4.78 is 14.4. The third-order valence-electron chi connectivity index (χ3n) is 7.66. The fourth-order valence-corrected chi connectivity index (χ4v) is 5.66. The molecular formula is C33H38N6O6. The summed E-state index contributed by atoms with van der Waals surface area (Å²) in [6.45, 7) is 7.79. The van der Waals surface area contributed by atoms with Gasteiger partial charge in [-0.15, -0.1) is 5.92 Å². The van der Waals surface area contributed by atoms with Crippen LogP contribution in [0.5, 0.6) is 0 Å². The first kappa shape index (κ1) is 31.4. The van der Waals surface area contributed by atoms with Crippen LogP contribution in [0.2, 0.25) is 0 Å². The molecule has 0 spiro atoms. The maximum atomic E-state index is 14.3. The highest BCUT2D eigenvalue weighted by Crippen LogP contribution is 2.25. The molecule has 1 aliphatic rings. The third kappa shape index (κ3) is 6.72. The van der Waals surface area contributed by atoms with E-state index in [0.717, 1.165) is 33.7 Å². The number of anilines is 1. The first-order valence-corrected chi connectivity index (χ1v) is 14.9. The highest BCUT2D eigenvalue weighted by atomic mass is 16.6. The molecule has 12 heteroatoms. The van der Waals surface area contributed by atoms with Gasteiger partial charge in [-0.1, -0.05) is 48.4 Å². The van der Waals surface area contributed by atoms with Crippen LogP contribution < -0.4 is 21.5 Å². The fraction of sp³-hybridized carbons (Fsp3) is 0.424. The van der Waals surface area contributed by atoms with Crippen LogP contribution in [0.1, 0.15) is 46.1 Å². The van der Waals surface area contributed by atoms with Crippen molar-refractivity contribution >= 4 is 39.9 Å². The fourth-order valence-electron chi connectivity index (χ4n) is 5.66. The predicted octanol–water partition coefficient (Wildman–Crippen LogP) is 3.25. The third-order valence-corrected chi connectivity index (χ3v) is 7.66. The number of esters is 1. The summed E-state index contributed by atoms with van der Waals surface area (Å²) in [5, 5.41) is 4.83. The lowest BCUT2D eigenvalue weighted by atomic mass is 10.0. The van der Waals surface area contributed by atoms with Crippen molar-refractivity contribution in [1.82, 2.24) is 24.0 Å². The van der Waals surface area contributed by atoms with Crippen molar-refractivity contribution in [3.05, 3.63) is 68.9 Å². The molecule has 2 aromatic carbocycles. The lowest BCUT2D eigenvalue weighted by Gasteiger charge is -2.34. The number of nitrogens with zero attached hydrogens (tertiary/aromatic N) is 5. The lowest BCUT2D eigenvalue weighted by molar-refractivity contribution is -0.141. The Kier molecular flexibility index (Phi) is 8.99. The summed E-state index contributed by atoms with van der Waals surface area (Å²) >= 11 is 0. The molecular weight excluding hydrogens is 576 g/mol. The second-order valence-electron chi connectivity index (χ2n) is 12.0. The van der Waals surface area contributed by atoms with Crippen molar-refractivity contribution in [2.75, 3.05) is 25.1 Å². The number of aromatic nitrogens is 4. The molecule has 0 saturated carbocycles. The Morgan fingerprint density at radius 1 is 1.07 bits per heavy atom. The van der Waals surface area contributed by atoms with Crippen molar-refractivity contribution in [2.45, 2.75) is 71.8 Å². The Balaban J connectivity index is 1.65. The van der Waals surface area contributed by atoms with Gasteiger partial charge in [0, 0.05) is 19.1 Å². The Morgan fingerprint density at radius 3 is 2.56 bits per heavy atom. The Morgan fingerprint density at radius 2 is 1.82 bits per heavy atom. The summed E-state index contributed by atoms with van der Waals surface area (Å²) in [5.74, 6) is 5.67. The zero-order valence-electron chi connectivity index (χ0n) is 26.3. The molecule has 5 rings (SSSR count). The quantitative estimate of drug-likeness (QED) is 0.248. The number of alkyl carbamates (subject to hydrolysis) is 1.